The number of carbonyl (C=O) groups is 2. The lowest BCUT2D eigenvalue weighted by Crippen LogP contribution is -2.48. The Morgan fingerprint density at radius 2 is 2.16 bits per heavy atom. The van der Waals surface area contributed by atoms with Gasteiger partial charge < -0.3 is 15.4 Å². The second-order valence-electron chi connectivity index (χ2n) is 10.2. The molecular formula is C26H29ClFN5O3S. The Bertz CT molecular complexity index is 1280. The van der Waals surface area contributed by atoms with Crippen LogP contribution in [-0.2, 0) is 14.3 Å². The first-order valence-corrected chi connectivity index (χ1v) is 13.5. The highest BCUT2D eigenvalue weighted by Crippen LogP contribution is 2.55. The van der Waals surface area contributed by atoms with Crippen LogP contribution in [0.25, 0.3) is 0 Å². The molecule has 1 amide bonds. The van der Waals surface area contributed by atoms with Gasteiger partial charge in [0.2, 0.25) is 5.91 Å². The molecule has 5 rings (SSSR count). The Kier molecular flexibility index (Phi) is 7.08. The molecule has 2 atom stereocenters. The zero-order valence-corrected chi connectivity index (χ0v) is 22.5. The molecule has 3 heterocycles. The van der Waals surface area contributed by atoms with Crippen LogP contribution in [0.1, 0.15) is 49.7 Å². The van der Waals surface area contributed by atoms with Crippen molar-refractivity contribution in [2.75, 3.05) is 20.2 Å². The van der Waals surface area contributed by atoms with Gasteiger partial charge >= 0.3 is 5.97 Å². The number of amides is 1. The van der Waals surface area contributed by atoms with Crippen molar-refractivity contribution in [2.45, 2.75) is 51.2 Å². The minimum Gasteiger partial charge on any atom is -0.466 e. The molecule has 1 unspecified atom stereocenters. The fraction of sp³-hybridized carbons (Fsp3) is 0.462. The predicted octanol–water partition coefficient (Wildman–Crippen LogP) is 3.83. The number of hydrogen-bond acceptors (Lipinski definition) is 8. The number of rotatable bonds is 7. The van der Waals surface area contributed by atoms with E-state index >= 15 is 0 Å². The summed E-state index contributed by atoms with van der Waals surface area (Å²) in [5, 5.41) is 8.99. The van der Waals surface area contributed by atoms with Crippen LogP contribution >= 0.6 is 22.9 Å². The normalized spacial score (nSPS) is 22.7. The molecule has 0 bridgehead atoms. The molecule has 1 aromatic heterocycles. The maximum atomic E-state index is 13.9. The van der Waals surface area contributed by atoms with Crippen molar-refractivity contribution in [3.05, 3.63) is 62.5 Å². The zero-order chi connectivity index (χ0) is 26.3. The molecule has 1 saturated carbocycles. The molecule has 0 radical (unpaired) electrons. The summed E-state index contributed by atoms with van der Waals surface area (Å²) in [5.74, 6) is -0.590. The number of nitrogens with zero attached hydrogens (tertiary/aromatic N) is 3. The maximum Gasteiger partial charge on any atom is 0.338 e. The number of thiazole rings is 1. The maximum absolute atomic E-state index is 13.9. The van der Waals surface area contributed by atoms with E-state index in [1.165, 1.54) is 36.6 Å². The van der Waals surface area contributed by atoms with Gasteiger partial charge in [-0.2, -0.15) is 0 Å². The molecule has 37 heavy (non-hydrogen) atoms. The number of ether oxygens (including phenoxy) is 1. The lowest BCUT2D eigenvalue weighted by molar-refractivity contribution is -0.136. The molecule has 1 aliphatic carbocycles. The largest absolute Gasteiger partial charge is 0.466 e. The van der Waals surface area contributed by atoms with Gasteiger partial charge in [0.15, 0.2) is 10.8 Å². The van der Waals surface area contributed by atoms with E-state index in [1.54, 1.807) is 6.20 Å². The van der Waals surface area contributed by atoms with Crippen molar-refractivity contribution in [3.8, 4) is 0 Å². The van der Waals surface area contributed by atoms with Crippen LogP contribution in [0.3, 0.4) is 0 Å². The van der Waals surface area contributed by atoms with Gasteiger partial charge in [0, 0.05) is 47.0 Å². The highest BCUT2D eigenvalue weighted by Gasteiger charge is 2.54. The first-order chi connectivity index (χ1) is 17.7. The van der Waals surface area contributed by atoms with Gasteiger partial charge in [0.05, 0.1) is 18.7 Å². The van der Waals surface area contributed by atoms with Crippen LogP contribution < -0.4 is 10.6 Å². The highest BCUT2D eigenvalue weighted by molar-refractivity contribution is 7.11. The molecule has 1 aromatic carbocycles. The Labute approximate surface area is 224 Å². The predicted molar refractivity (Wildman–Crippen MR) is 140 cm³/mol. The van der Waals surface area contributed by atoms with Crippen LogP contribution in [0.4, 0.5) is 4.39 Å². The summed E-state index contributed by atoms with van der Waals surface area (Å²) in [6.07, 6.45) is 4.63. The van der Waals surface area contributed by atoms with Gasteiger partial charge in [-0.25, -0.2) is 14.2 Å². The number of likely N-dealkylation sites (tertiary alicyclic amines) is 1. The van der Waals surface area contributed by atoms with Crippen LogP contribution in [0.5, 0.6) is 0 Å². The summed E-state index contributed by atoms with van der Waals surface area (Å²) in [6, 6.07) is 2.90. The number of halogens is 2. The number of nitrogens with one attached hydrogen (secondary N) is 2. The molecule has 2 N–H and O–H groups in total. The van der Waals surface area contributed by atoms with Crippen molar-refractivity contribution in [1.29, 1.82) is 0 Å². The fourth-order valence-electron chi connectivity index (χ4n) is 5.16. The number of methoxy groups -OCH3 is 1. The number of aromatic nitrogens is 1. The summed E-state index contributed by atoms with van der Waals surface area (Å²) in [4.78, 5) is 37.6. The minimum atomic E-state index is -0.837. The van der Waals surface area contributed by atoms with Crippen molar-refractivity contribution >= 4 is 40.6 Å². The SMILES string of the molecule is COC(=O)C1=C(CN2CC3(CC3)C[C@H]2C(=O)NC(C)C)NC(c2nccs2)=NC1c1ccc(F)cc1Cl. The van der Waals surface area contributed by atoms with Gasteiger partial charge in [0.1, 0.15) is 11.9 Å². The summed E-state index contributed by atoms with van der Waals surface area (Å²) >= 11 is 7.85. The molecular weight excluding hydrogens is 517 g/mol. The van der Waals surface area contributed by atoms with E-state index in [9.17, 15) is 14.0 Å². The molecule has 2 aliphatic heterocycles. The molecule has 11 heteroatoms. The smallest absolute Gasteiger partial charge is 0.338 e. The molecule has 8 nitrogen and oxygen atoms in total. The third-order valence-electron chi connectivity index (χ3n) is 7.08. The Hall–Kier alpha value is -2.82. The van der Waals surface area contributed by atoms with E-state index in [4.69, 9.17) is 21.3 Å². The lowest BCUT2D eigenvalue weighted by Gasteiger charge is -2.31. The number of benzene rings is 1. The van der Waals surface area contributed by atoms with E-state index in [2.05, 4.69) is 20.5 Å². The molecule has 1 spiro atoms. The summed E-state index contributed by atoms with van der Waals surface area (Å²) in [5.41, 5.74) is 1.46. The number of hydrogen-bond donors (Lipinski definition) is 2. The summed E-state index contributed by atoms with van der Waals surface area (Å²) < 4.78 is 19.1. The van der Waals surface area contributed by atoms with E-state index in [0.717, 1.165) is 25.8 Å². The van der Waals surface area contributed by atoms with Crippen LogP contribution in [-0.4, -0.2) is 59.9 Å². The summed E-state index contributed by atoms with van der Waals surface area (Å²) in [7, 11) is 1.31. The standard InChI is InChI=1S/C26H29ClFN5O3S/c1-14(2)30-23(34)19-11-26(6-7-26)13-33(19)12-18-20(25(35)36-3)21(16-5-4-15(28)10-17(16)27)32-22(31-18)24-29-8-9-37-24/h4-5,8-10,14,19,21H,6-7,11-13H2,1-3H3,(H,30,34)(H,31,32)/t19-,21?/m0/s1. The van der Waals surface area contributed by atoms with E-state index < -0.39 is 17.8 Å². The zero-order valence-electron chi connectivity index (χ0n) is 20.9. The number of carbonyl (C=O) groups excluding carboxylic acids is 2. The topological polar surface area (TPSA) is 95.9 Å². The van der Waals surface area contributed by atoms with Crippen molar-refractivity contribution in [3.63, 3.8) is 0 Å². The van der Waals surface area contributed by atoms with Crippen LogP contribution in [0.2, 0.25) is 5.02 Å². The van der Waals surface area contributed by atoms with Crippen LogP contribution in [0, 0.1) is 11.2 Å². The Morgan fingerprint density at radius 3 is 2.78 bits per heavy atom. The van der Waals surface area contributed by atoms with E-state index in [0.29, 0.717) is 28.6 Å². The molecule has 2 fully saturated rings. The third-order valence-corrected chi connectivity index (χ3v) is 8.19. The van der Waals surface area contributed by atoms with E-state index in [1.807, 2.05) is 19.2 Å². The van der Waals surface area contributed by atoms with Gasteiger partial charge in [-0.05, 0) is 50.7 Å². The lowest BCUT2D eigenvalue weighted by atomic mass is 9.95. The molecule has 196 valence electrons. The average molecular weight is 546 g/mol. The second-order valence-corrected chi connectivity index (χ2v) is 11.5. The first kappa shape index (κ1) is 25.8. The molecule has 3 aliphatic rings. The van der Waals surface area contributed by atoms with Gasteiger partial charge in [0.25, 0.3) is 0 Å². The van der Waals surface area contributed by atoms with Gasteiger partial charge in [-0.1, -0.05) is 17.7 Å². The third kappa shape index (κ3) is 5.28. The quantitative estimate of drug-likeness (QED) is 0.513. The monoisotopic (exact) mass is 545 g/mol. The van der Waals surface area contributed by atoms with Crippen LogP contribution in [0.15, 0.2) is 46.0 Å². The number of aliphatic imine (C=N–C) groups is 1. The Morgan fingerprint density at radius 1 is 1.38 bits per heavy atom. The van der Waals surface area contributed by atoms with Gasteiger partial charge in [-0.15, -0.1) is 11.3 Å². The van der Waals surface area contributed by atoms with Crippen molar-refractivity contribution < 1.29 is 18.7 Å². The fourth-order valence-corrected chi connectivity index (χ4v) is 6.02. The molecule has 1 saturated heterocycles. The first-order valence-electron chi connectivity index (χ1n) is 12.2. The average Bonchev–Trinajstić information content (AvgIpc) is 3.23. The highest BCUT2D eigenvalue weighted by atomic mass is 35.5. The summed E-state index contributed by atoms with van der Waals surface area (Å²) in [6.45, 7) is 4.95. The second kappa shape index (κ2) is 10.2. The molecule has 2 aromatic rings. The Balaban J connectivity index is 1.57. The van der Waals surface area contributed by atoms with E-state index in [-0.39, 0.29) is 34.0 Å². The van der Waals surface area contributed by atoms with Crippen molar-refractivity contribution in [1.82, 2.24) is 20.5 Å². The minimum absolute atomic E-state index is 0.0123. The van der Waals surface area contributed by atoms with Gasteiger partial charge in [-0.3, -0.25) is 14.7 Å². The number of amidine groups is 1. The van der Waals surface area contributed by atoms with Crippen molar-refractivity contribution in [2.24, 2.45) is 10.4 Å². The number of esters is 1.